The monoisotopic (exact) mass is 342 g/mol. The summed E-state index contributed by atoms with van der Waals surface area (Å²) in [7, 11) is 0. The summed E-state index contributed by atoms with van der Waals surface area (Å²) in [6.07, 6.45) is 0.691. The zero-order valence-corrected chi connectivity index (χ0v) is 14.4. The van der Waals surface area contributed by atoms with Crippen LogP contribution < -0.4 is 4.90 Å². The lowest BCUT2D eigenvalue weighted by Gasteiger charge is -2.39. The molecule has 0 bridgehead atoms. The predicted octanol–water partition coefficient (Wildman–Crippen LogP) is 4.28. The van der Waals surface area contributed by atoms with E-state index < -0.39 is 6.09 Å². The zero-order chi connectivity index (χ0) is 17.8. The molecule has 0 aromatic heterocycles. The second-order valence-electron chi connectivity index (χ2n) is 6.59. The Labute approximate surface area is 147 Å². The smallest absolute Gasteiger partial charge is 0.407 e. The minimum absolute atomic E-state index is 0.238. The van der Waals surface area contributed by atoms with Crippen LogP contribution in [0.3, 0.4) is 0 Å². The van der Waals surface area contributed by atoms with Crippen molar-refractivity contribution in [1.29, 1.82) is 0 Å². The number of hydrogen-bond acceptors (Lipinski definition) is 2. The number of likely N-dealkylation sites (tertiary alicyclic amines) is 1. The summed E-state index contributed by atoms with van der Waals surface area (Å²) in [5.41, 5.74) is 3.37. The van der Waals surface area contributed by atoms with E-state index in [0.29, 0.717) is 13.1 Å². The van der Waals surface area contributed by atoms with Gasteiger partial charge in [-0.05, 0) is 49.6 Å². The second kappa shape index (κ2) is 7.55. The average Bonchev–Trinajstić information content (AvgIpc) is 2.62. The van der Waals surface area contributed by atoms with Crippen molar-refractivity contribution >= 4 is 11.8 Å². The Morgan fingerprint density at radius 3 is 2.28 bits per heavy atom. The summed E-state index contributed by atoms with van der Waals surface area (Å²) in [6.45, 7) is 3.85. The average molecular weight is 342 g/mol. The number of rotatable bonds is 4. The van der Waals surface area contributed by atoms with Gasteiger partial charge in [-0.2, -0.15) is 0 Å². The van der Waals surface area contributed by atoms with Crippen molar-refractivity contribution in [2.24, 2.45) is 0 Å². The number of amides is 1. The standard InChI is InChI=1S/C20H23FN2O2/c1-15-2-4-16(5-3-15)14-23(18-8-6-17(21)7-9-18)19-10-12-22(13-11-19)20(24)25/h2-9,19H,10-14H2,1H3,(H,24,25). The molecule has 3 rings (SSSR count). The summed E-state index contributed by atoms with van der Waals surface area (Å²) in [4.78, 5) is 14.9. The third-order valence-corrected chi connectivity index (χ3v) is 4.81. The fourth-order valence-corrected chi connectivity index (χ4v) is 3.32. The molecule has 1 aliphatic rings. The van der Waals surface area contributed by atoms with Crippen LogP contribution in [-0.2, 0) is 6.54 Å². The fourth-order valence-electron chi connectivity index (χ4n) is 3.32. The number of carbonyl (C=O) groups is 1. The molecule has 4 nitrogen and oxygen atoms in total. The molecule has 0 atom stereocenters. The Morgan fingerprint density at radius 1 is 1.12 bits per heavy atom. The lowest BCUT2D eigenvalue weighted by molar-refractivity contribution is 0.131. The molecule has 0 unspecified atom stereocenters. The molecule has 1 amide bonds. The molecule has 1 aliphatic heterocycles. The number of anilines is 1. The Hall–Kier alpha value is -2.56. The number of piperidine rings is 1. The Kier molecular flexibility index (Phi) is 5.22. The van der Waals surface area contributed by atoms with Crippen molar-refractivity contribution in [2.45, 2.75) is 32.4 Å². The number of hydrogen-bond donors (Lipinski definition) is 1. The SMILES string of the molecule is Cc1ccc(CN(c2ccc(F)cc2)C2CCN(C(=O)O)CC2)cc1. The van der Waals surface area contributed by atoms with E-state index in [-0.39, 0.29) is 11.9 Å². The van der Waals surface area contributed by atoms with Crippen molar-refractivity contribution < 1.29 is 14.3 Å². The number of halogens is 1. The minimum atomic E-state index is -0.856. The maximum atomic E-state index is 13.3. The maximum Gasteiger partial charge on any atom is 0.407 e. The molecule has 132 valence electrons. The lowest BCUT2D eigenvalue weighted by atomic mass is 10.0. The molecule has 0 radical (unpaired) electrons. The fraction of sp³-hybridized carbons (Fsp3) is 0.350. The van der Waals surface area contributed by atoms with Gasteiger partial charge in [-0.25, -0.2) is 9.18 Å². The lowest BCUT2D eigenvalue weighted by Crippen LogP contribution is -2.46. The van der Waals surface area contributed by atoms with E-state index in [2.05, 4.69) is 36.1 Å². The topological polar surface area (TPSA) is 43.8 Å². The molecule has 1 fully saturated rings. The summed E-state index contributed by atoms with van der Waals surface area (Å²) < 4.78 is 13.3. The van der Waals surface area contributed by atoms with Crippen LogP contribution in [0.25, 0.3) is 0 Å². The van der Waals surface area contributed by atoms with E-state index in [1.165, 1.54) is 28.2 Å². The van der Waals surface area contributed by atoms with Gasteiger partial charge in [0, 0.05) is 31.4 Å². The van der Waals surface area contributed by atoms with E-state index in [9.17, 15) is 9.18 Å². The van der Waals surface area contributed by atoms with Gasteiger partial charge in [0.2, 0.25) is 0 Å². The molecule has 25 heavy (non-hydrogen) atoms. The van der Waals surface area contributed by atoms with Crippen LogP contribution in [0.5, 0.6) is 0 Å². The molecule has 2 aromatic rings. The highest BCUT2D eigenvalue weighted by atomic mass is 19.1. The predicted molar refractivity (Wildman–Crippen MR) is 96.4 cm³/mol. The van der Waals surface area contributed by atoms with Crippen molar-refractivity contribution in [3.8, 4) is 0 Å². The Balaban J connectivity index is 1.80. The molecular weight excluding hydrogens is 319 g/mol. The minimum Gasteiger partial charge on any atom is -0.465 e. The molecule has 2 aromatic carbocycles. The van der Waals surface area contributed by atoms with E-state index in [1.807, 2.05) is 0 Å². The van der Waals surface area contributed by atoms with Crippen LogP contribution in [0, 0.1) is 12.7 Å². The number of aryl methyl sites for hydroxylation is 1. The molecule has 1 saturated heterocycles. The molecule has 5 heteroatoms. The van der Waals surface area contributed by atoms with Crippen LogP contribution >= 0.6 is 0 Å². The molecule has 0 saturated carbocycles. The first kappa shape index (κ1) is 17.3. The van der Waals surface area contributed by atoms with E-state index >= 15 is 0 Å². The number of nitrogens with zero attached hydrogens (tertiary/aromatic N) is 2. The van der Waals surface area contributed by atoms with Crippen LogP contribution in [-0.4, -0.2) is 35.2 Å². The first-order chi connectivity index (χ1) is 12.0. The Bertz CT molecular complexity index is 707. The van der Waals surface area contributed by atoms with Crippen molar-refractivity contribution in [3.63, 3.8) is 0 Å². The molecular formula is C20H23FN2O2. The van der Waals surface area contributed by atoms with Crippen LogP contribution in [0.15, 0.2) is 48.5 Å². The first-order valence-corrected chi connectivity index (χ1v) is 8.58. The number of carboxylic acid groups (broad SMARTS) is 1. The second-order valence-corrected chi connectivity index (χ2v) is 6.59. The first-order valence-electron chi connectivity index (χ1n) is 8.58. The van der Waals surface area contributed by atoms with Gasteiger partial charge in [0.05, 0.1) is 0 Å². The van der Waals surface area contributed by atoms with Crippen LogP contribution in [0.2, 0.25) is 0 Å². The van der Waals surface area contributed by atoms with E-state index in [1.54, 1.807) is 12.1 Å². The zero-order valence-electron chi connectivity index (χ0n) is 14.4. The number of benzene rings is 2. The summed E-state index contributed by atoms with van der Waals surface area (Å²) in [6, 6.07) is 15.2. The third kappa shape index (κ3) is 4.29. The van der Waals surface area contributed by atoms with Gasteiger partial charge < -0.3 is 14.9 Å². The van der Waals surface area contributed by atoms with Gasteiger partial charge in [0.1, 0.15) is 5.82 Å². The van der Waals surface area contributed by atoms with Gasteiger partial charge in [0.25, 0.3) is 0 Å². The molecule has 0 spiro atoms. The quantitative estimate of drug-likeness (QED) is 0.902. The van der Waals surface area contributed by atoms with Gasteiger partial charge >= 0.3 is 6.09 Å². The Morgan fingerprint density at radius 2 is 1.72 bits per heavy atom. The van der Waals surface area contributed by atoms with Gasteiger partial charge in [-0.3, -0.25) is 0 Å². The summed E-state index contributed by atoms with van der Waals surface area (Å²) in [5.74, 6) is -0.250. The van der Waals surface area contributed by atoms with Crippen LogP contribution in [0.1, 0.15) is 24.0 Å². The van der Waals surface area contributed by atoms with Crippen LogP contribution in [0.4, 0.5) is 14.9 Å². The largest absolute Gasteiger partial charge is 0.465 e. The van der Waals surface area contributed by atoms with Crippen molar-refractivity contribution in [3.05, 3.63) is 65.5 Å². The highest BCUT2D eigenvalue weighted by Gasteiger charge is 2.27. The third-order valence-electron chi connectivity index (χ3n) is 4.81. The van der Waals surface area contributed by atoms with E-state index in [0.717, 1.165) is 25.1 Å². The van der Waals surface area contributed by atoms with Gasteiger partial charge in [-0.15, -0.1) is 0 Å². The van der Waals surface area contributed by atoms with Crippen molar-refractivity contribution in [2.75, 3.05) is 18.0 Å². The molecule has 1 N–H and O–H groups in total. The van der Waals surface area contributed by atoms with Gasteiger partial charge in [0.15, 0.2) is 0 Å². The summed E-state index contributed by atoms with van der Waals surface area (Å²) in [5, 5.41) is 9.14. The maximum absolute atomic E-state index is 13.3. The van der Waals surface area contributed by atoms with Gasteiger partial charge in [-0.1, -0.05) is 29.8 Å². The normalized spacial score (nSPS) is 15.2. The highest BCUT2D eigenvalue weighted by molar-refractivity contribution is 5.65. The highest BCUT2D eigenvalue weighted by Crippen LogP contribution is 2.26. The van der Waals surface area contributed by atoms with E-state index in [4.69, 9.17) is 5.11 Å². The van der Waals surface area contributed by atoms with Crippen molar-refractivity contribution in [1.82, 2.24) is 4.90 Å². The molecule has 0 aliphatic carbocycles. The summed E-state index contributed by atoms with van der Waals surface area (Å²) >= 11 is 0. The molecule has 1 heterocycles.